The maximum absolute atomic E-state index is 13.7. The standard InChI is InChI=1S/C14H7F3N2O2/c15-9-1-2-12(8(3-9)6-18)19-13-10(16)4-7(14(20)21)5-11(13)17/h1-5,19H,(H,20,21). The summed E-state index contributed by atoms with van der Waals surface area (Å²) in [5.74, 6) is -4.42. The lowest BCUT2D eigenvalue weighted by atomic mass is 10.1. The summed E-state index contributed by atoms with van der Waals surface area (Å²) in [5, 5.41) is 19.9. The normalized spacial score (nSPS) is 10.0. The van der Waals surface area contributed by atoms with Crippen molar-refractivity contribution < 1.29 is 23.1 Å². The molecule has 0 bridgehead atoms. The van der Waals surface area contributed by atoms with E-state index in [1.165, 1.54) is 0 Å². The van der Waals surface area contributed by atoms with E-state index >= 15 is 0 Å². The van der Waals surface area contributed by atoms with Crippen LogP contribution in [0.1, 0.15) is 15.9 Å². The lowest BCUT2D eigenvalue weighted by molar-refractivity contribution is 0.0696. The highest BCUT2D eigenvalue weighted by Crippen LogP contribution is 2.27. The van der Waals surface area contributed by atoms with Crippen LogP contribution in [0.3, 0.4) is 0 Å². The summed E-state index contributed by atoms with van der Waals surface area (Å²) >= 11 is 0. The number of carboxylic acids is 1. The van der Waals surface area contributed by atoms with Gasteiger partial charge >= 0.3 is 5.97 Å². The SMILES string of the molecule is N#Cc1cc(F)ccc1Nc1c(F)cc(C(=O)O)cc1F. The number of nitriles is 1. The zero-order chi connectivity index (χ0) is 15.6. The maximum Gasteiger partial charge on any atom is 0.335 e. The minimum Gasteiger partial charge on any atom is -0.478 e. The second kappa shape index (κ2) is 5.54. The van der Waals surface area contributed by atoms with Gasteiger partial charge in [-0.05, 0) is 30.3 Å². The number of carboxylic acid groups (broad SMARTS) is 1. The average molecular weight is 292 g/mol. The fourth-order valence-corrected chi connectivity index (χ4v) is 1.67. The van der Waals surface area contributed by atoms with Gasteiger partial charge in [0, 0.05) is 0 Å². The number of nitrogens with zero attached hydrogens (tertiary/aromatic N) is 1. The van der Waals surface area contributed by atoms with E-state index in [1.54, 1.807) is 6.07 Å². The van der Waals surface area contributed by atoms with Gasteiger partial charge < -0.3 is 10.4 Å². The third-order valence-corrected chi connectivity index (χ3v) is 2.65. The quantitative estimate of drug-likeness (QED) is 0.909. The first kappa shape index (κ1) is 14.4. The molecule has 4 nitrogen and oxygen atoms in total. The first-order valence-electron chi connectivity index (χ1n) is 5.61. The molecule has 2 rings (SSSR count). The summed E-state index contributed by atoms with van der Waals surface area (Å²) in [4.78, 5) is 10.7. The van der Waals surface area contributed by atoms with Gasteiger partial charge in [0.25, 0.3) is 0 Å². The van der Waals surface area contributed by atoms with E-state index in [4.69, 9.17) is 10.4 Å². The molecule has 0 atom stereocenters. The second-order valence-electron chi connectivity index (χ2n) is 4.05. The summed E-state index contributed by atoms with van der Waals surface area (Å²) in [7, 11) is 0. The first-order chi connectivity index (χ1) is 9.92. The van der Waals surface area contributed by atoms with Gasteiger partial charge in [0.2, 0.25) is 0 Å². The van der Waals surface area contributed by atoms with E-state index in [-0.39, 0.29) is 11.3 Å². The number of carbonyl (C=O) groups is 1. The molecule has 0 spiro atoms. The van der Waals surface area contributed by atoms with Gasteiger partial charge in [0.05, 0.1) is 16.8 Å². The van der Waals surface area contributed by atoms with Gasteiger partial charge in [0.1, 0.15) is 17.6 Å². The summed E-state index contributed by atoms with van der Waals surface area (Å²) in [6.07, 6.45) is 0. The smallest absolute Gasteiger partial charge is 0.335 e. The van der Waals surface area contributed by atoms with Crippen molar-refractivity contribution in [2.24, 2.45) is 0 Å². The van der Waals surface area contributed by atoms with Crippen LogP contribution in [0, 0.1) is 28.8 Å². The van der Waals surface area contributed by atoms with Crippen LogP contribution in [-0.4, -0.2) is 11.1 Å². The summed E-state index contributed by atoms with van der Waals surface area (Å²) in [5.41, 5.74) is -1.31. The van der Waals surface area contributed by atoms with Gasteiger partial charge in [-0.3, -0.25) is 0 Å². The predicted molar refractivity (Wildman–Crippen MR) is 67.7 cm³/mol. The fourth-order valence-electron chi connectivity index (χ4n) is 1.67. The van der Waals surface area contributed by atoms with Crippen molar-refractivity contribution in [3.05, 3.63) is 58.9 Å². The molecule has 0 saturated heterocycles. The Morgan fingerprint density at radius 3 is 2.29 bits per heavy atom. The Balaban J connectivity index is 2.46. The number of aromatic carboxylic acids is 1. The predicted octanol–water partition coefficient (Wildman–Crippen LogP) is 3.42. The van der Waals surface area contributed by atoms with Crippen LogP contribution in [0.2, 0.25) is 0 Å². The van der Waals surface area contributed by atoms with Crippen LogP contribution in [0.25, 0.3) is 0 Å². The highest BCUT2D eigenvalue weighted by molar-refractivity contribution is 5.88. The number of hydrogen-bond acceptors (Lipinski definition) is 3. The molecule has 106 valence electrons. The van der Waals surface area contributed by atoms with Crippen LogP contribution in [-0.2, 0) is 0 Å². The van der Waals surface area contributed by atoms with E-state index in [0.717, 1.165) is 18.2 Å². The molecule has 0 aliphatic carbocycles. The summed E-state index contributed by atoms with van der Waals surface area (Å²) in [6, 6.07) is 6.04. The Hall–Kier alpha value is -3.01. The van der Waals surface area contributed by atoms with E-state index in [9.17, 15) is 18.0 Å². The molecule has 2 aromatic rings. The van der Waals surface area contributed by atoms with Gasteiger partial charge in [-0.15, -0.1) is 0 Å². The van der Waals surface area contributed by atoms with Crippen LogP contribution in [0.4, 0.5) is 24.5 Å². The molecule has 21 heavy (non-hydrogen) atoms. The molecule has 0 unspecified atom stereocenters. The fraction of sp³-hybridized carbons (Fsp3) is 0. The van der Waals surface area contributed by atoms with Crippen LogP contribution in [0.5, 0.6) is 0 Å². The van der Waals surface area contributed by atoms with E-state index in [1.807, 2.05) is 0 Å². The number of halogens is 3. The molecule has 0 aliphatic heterocycles. The van der Waals surface area contributed by atoms with Gasteiger partial charge in [-0.1, -0.05) is 0 Å². The van der Waals surface area contributed by atoms with E-state index < -0.39 is 34.7 Å². The summed E-state index contributed by atoms with van der Waals surface area (Å²) in [6.45, 7) is 0. The number of anilines is 2. The topological polar surface area (TPSA) is 73.1 Å². The van der Waals surface area contributed by atoms with Crippen molar-refractivity contribution in [3.63, 3.8) is 0 Å². The largest absolute Gasteiger partial charge is 0.478 e. The molecular weight excluding hydrogens is 285 g/mol. The van der Waals surface area contributed by atoms with Crippen LogP contribution >= 0.6 is 0 Å². The lowest BCUT2D eigenvalue weighted by Crippen LogP contribution is -2.04. The molecular formula is C14H7F3N2O2. The molecule has 0 radical (unpaired) electrons. The molecule has 2 N–H and O–H groups in total. The minimum atomic E-state index is -1.47. The number of nitrogens with one attached hydrogen (secondary N) is 1. The Morgan fingerprint density at radius 1 is 1.14 bits per heavy atom. The lowest BCUT2D eigenvalue weighted by Gasteiger charge is -2.11. The summed E-state index contributed by atoms with van der Waals surface area (Å²) < 4.78 is 40.5. The van der Waals surface area contributed by atoms with Crippen molar-refractivity contribution in [3.8, 4) is 6.07 Å². The van der Waals surface area contributed by atoms with Crippen molar-refractivity contribution in [2.75, 3.05) is 5.32 Å². The molecule has 0 aromatic heterocycles. The van der Waals surface area contributed by atoms with Crippen molar-refractivity contribution in [1.82, 2.24) is 0 Å². The van der Waals surface area contributed by atoms with Crippen molar-refractivity contribution >= 4 is 17.3 Å². The van der Waals surface area contributed by atoms with Gasteiger partial charge in [0.15, 0.2) is 11.6 Å². The molecule has 2 aromatic carbocycles. The molecule has 0 heterocycles. The Labute approximate surface area is 117 Å². The molecule has 0 aliphatic rings. The minimum absolute atomic E-state index is 0.000208. The Bertz CT molecular complexity index is 746. The monoisotopic (exact) mass is 292 g/mol. The Morgan fingerprint density at radius 2 is 1.76 bits per heavy atom. The van der Waals surface area contributed by atoms with Gasteiger partial charge in [-0.2, -0.15) is 5.26 Å². The molecule has 0 amide bonds. The Kier molecular flexibility index (Phi) is 3.80. The third kappa shape index (κ3) is 2.95. The number of rotatable bonds is 3. The van der Waals surface area contributed by atoms with Crippen molar-refractivity contribution in [2.45, 2.75) is 0 Å². The highest BCUT2D eigenvalue weighted by atomic mass is 19.1. The molecule has 0 saturated carbocycles. The van der Waals surface area contributed by atoms with E-state index in [0.29, 0.717) is 12.1 Å². The van der Waals surface area contributed by atoms with Gasteiger partial charge in [-0.25, -0.2) is 18.0 Å². The van der Waals surface area contributed by atoms with Crippen LogP contribution < -0.4 is 5.32 Å². The van der Waals surface area contributed by atoms with Crippen molar-refractivity contribution in [1.29, 1.82) is 5.26 Å². The number of benzene rings is 2. The maximum atomic E-state index is 13.7. The second-order valence-corrected chi connectivity index (χ2v) is 4.05. The molecule has 7 heteroatoms. The zero-order valence-electron chi connectivity index (χ0n) is 10.3. The number of hydrogen-bond donors (Lipinski definition) is 2. The average Bonchev–Trinajstić information content (AvgIpc) is 2.43. The third-order valence-electron chi connectivity index (χ3n) is 2.65. The zero-order valence-corrected chi connectivity index (χ0v) is 10.3. The van der Waals surface area contributed by atoms with Crippen LogP contribution in [0.15, 0.2) is 30.3 Å². The molecule has 0 fully saturated rings. The first-order valence-corrected chi connectivity index (χ1v) is 5.61. The van der Waals surface area contributed by atoms with E-state index in [2.05, 4.69) is 5.32 Å². The highest BCUT2D eigenvalue weighted by Gasteiger charge is 2.16.